The largest absolute Gasteiger partial charge is 0.508 e. The molecule has 3 N–H and O–H groups in total. The van der Waals surface area contributed by atoms with Crippen molar-refractivity contribution in [3.8, 4) is 33.9 Å². The number of phenols is 2. The topological polar surface area (TPSA) is 98.8 Å². The number of nitrogens with one attached hydrogen (secondary N) is 1. The summed E-state index contributed by atoms with van der Waals surface area (Å²) in [6.07, 6.45) is 4.26. The van der Waals surface area contributed by atoms with E-state index in [9.17, 15) is 15.0 Å². The Morgan fingerprint density at radius 3 is 2.47 bits per heavy atom. The molecule has 2 aliphatic rings. The van der Waals surface area contributed by atoms with E-state index in [4.69, 9.17) is 4.52 Å². The van der Waals surface area contributed by atoms with Crippen LogP contribution in [-0.4, -0.2) is 39.3 Å². The highest BCUT2D eigenvalue weighted by Crippen LogP contribution is 2.44. The van der Waals surface area contributed by atoms with E-state index in [1.807, 2.05) is 26.0 Å². The molecular formula is C27H31N3O4. The molecule has 0 radical (unpaired) electrons. The van der Waals surface area contributed by atoms with Crippen LogP contribution in [0.25, 0.3) is 22.4 Å². The highest BCUT2D eigenvalue weighted by Gasteiger charge is 2.32. The summed E-state index contributed by atoms with van der Waals surface area (Å²) in [6, 6.07) is 11.3. The number of amides is 1. The van der Waals surface area contributed by atoms with Gasteiger partial charge in [-0.1, -0.05) is 43.3 Å². The first-order chi connectivity index (χ1) is 16.4. The Balaban J connectivity index is 1.55. The van der Waals surface area contributed by atoms with E-state index in [1.54, 1.807) is 6.07 Å². The SMILES string of the molecule is CC(C)c1cc(-c2noc(NC(=O)C3CC3)c2-c2ccc(CN3CCCC3)cc2)c(O)cc1O. The summed E-state index contributed by atoms with van der Waals surface area (Å²) >= 11 is 0. The summed E-state index contributed by atoms with van der Waals surface area (Å²) in [5.74, 6) is 0.203. The molecule has 2 fully saturated rings. The third kappa shape index (κ3) is 4.53. The number of rotatable bonds is 7. The van der Waals surface area contributed by atoms with Gasteiger partial charge in [-0.3, -0.25) is 15.0 Å². The zero-order chi connectivity index (χ0) is 23.8. The lowest BCUT2D eigenvalue weighted by molar-refractivity contribution is -0.117. The van der Waals surface area contributed by atoms with Crippen LogP contribution >= 0.6 is 0 Å². The van der Waals surface area contributed by atoms with Crippen molar-refractivity contribution in [3.05, 3.63) is 47.5 Å². The number of hydrogen-bond donors (Lipinski definition) is 3. The lowest BCUT2D eigenvalue weighted by Crippen LogP contribution is -2.18. The maximum Gasteiger partial charge on any atom is 0.239 e. The normalized spacial score (nSPS) is 16.3. The highest BCUT2D eigenvalue weighted by molar-refractivity contribution is 5.99. The van der Waals surface area contributed by atoms with Crippen molar-refractivity contribution in [1.29, 1.82) is 0 Å². The van der Waals surface area contributed by atoms with Gasteiger partial charge in [0, 0.05) is 24.1 Å². The van der Waals surface area contributed by atoms with E-state index >= 15 is 0 Å². The smallest absolute Gasteiger partial charge is 0.239 e. The second-order valence-corrected chi connectivity index (χ2v) is 9.76. The van der Waals surface area contributed by atoms with Crippen LogP contribution in [0.1, 0.15) is 56.6 Å². The van der Waals surface area contributed by atoms with Gasteiger partial charge in [-0.2, -0.15) is 0 Å². The second-order valence-electron chi connectivity index (χ2n) is 9.76. The molecule has 7 heteroatoms. The van der Waals surface area contributed by atoms with E-state index in [1.165, 1.54) is 24.5 Å². The Bertz CT molecular complexity index is 1190. The molecular weight excluding hydrogens is 430 g/mol. The van der Waals surface area contributed by atoms with Crippen molar-refractivity contribution >= 4 is 11.8 Å². The third-order valence-electron chi connectivity index (χ3n) is 6.75. The van der Waals surface area contributed by atoms with Crippen LogP contribution in [0, 0.1) is 5.92 Å². The number of likely N-dealkylation sites (tertiary alicyclic amines) is 1. The number of nitrogens with zero attached hydrogens (tertiary/aromatic N) is 2. The molecule has 1 saturated heterocycles. The number of aromatic nitrogens is 1. The fourth-order valence-electron chi connectivity index (χ4n) is 4.61. The second kappa shape index (κ2) is 9.14. The van der Waals surface area contributed by atoms with Gasteiger partial charge in [-0.15, -0.1) is 0 Å². The van der Waals surface area contributed by atoms with Gasteiger partial charge in [0.05, 0.1) is 5.56 Å². The quantitative estimate of drug-likeness (QED) is 0.430. The molecule has 178 valence electrons. The van der Waals surface area contributed by atoms with E-state index in [0.717, 1.165) is 38.0 Å². The molecule has 1 aromatic heterocycles. The lowest BCUT2D eigenvalue weighted by Gasteiger charge is -2.15. The van der Waals surface area contributed by atoms with Crippen LogP contribution in [0.15, 0.2) is 40.9 Å². The number of benzene rings is 2. The fourth-order valence-corrected chi connectivity index (χ4v) is 4.61. The summed E-state index contributed by atoms with van der Waals surface area (Å²) in [5, 5.41) is 28.1. The Morgan fingerprint density at radius 1 is 1.12 bits per heavy atom. The summed E-state index contributed by atoms with van der Waals surface area (Å²) in [6.45, 7) is 7.12. The number of aromatic hydroxyl groups is 2. The van der Waals surface area contributed by atoms with E-state index in [-0.39, 0.29) is 35.1 Å². The maximum absolute atomic E-state index is 12.5. The predicted octanol–water partition coefficient (Wildman–Crippen LogP) is 5.49. The first-order valence-corrected chi connectivity index (χ1v) is 12.1. The summed E-state index contributed by atoms with van der Waals surface area (Å²) < 4.78 is 5.61. The molecule has 0 spiro atoms. The van der Waals surface area contributed by atoms with Gasteiger partial charge in [-0.05, 0) is 67.4 Å². The molecule has 2 heterocycles. The minimum Gasteiger partial charge on any atom is -0.508 e. The number of carbonyl (C=O) groups is 1. The molecule has 3 aromatic rings. The molecule has 0 unspecified atom stereocenters. The Labute approximate surface area is 199 Å². The molecule has 1 amide bonds. The van der Waals surface area contributed by atoms with Crippen molar-refractivity contribution in [2.75, 3.05) is 18.4 Å². The maximum atomic E-state index is 12.5. The number of hydrogen-bond acceptors (Lipinski definition) is 6. The number of anilines is 1. The Kier molecular flexibility index (Phi) is 6.04. The number of carbonyl (C=O) groups excluding carboxylic acids is 1. The minimum absolute atomic E-state index is 0.0128. The number of phenolic OH excluding ortho intramolecular Hbond substituents is 2. The fraction of sp³-hybridized carbons (Fsp3) is 0.407. The third-order valence-corrected chi connectivity index (χ3v) is 6.75. The van der Waals surface area contributed by atoms with Crippen LogP contribution in [0.3, 0.4) is 0 Å². The first-order valence-electron chi connectivity index (χ1n) is 12.1. The molecule has 1 saturated carbocycles. The van der Waals surface area contributed by atoms with Gasteiger partial charge in [0.2, 0.25) is 11.8 Å². The molecule has 1 aliphatic heterocycles. The predicted molar refractivity (Wildman–Crippen MR) is 131 cm³/mol. The van der Waals surface area contributed by atoms with Crippen LogP contribution in [0.2, 0.25) is 0 Å². The molecule has 0 atom stereocenters. The molecule has 0 bridgehead atoms. The van der Waals surface area contributed by atoms with Crippen molar-refractivity contribution in [2.45, 2.75) is 52.0 Å². The molecule has 1 aliphatic carbocycles. The summed E-state index contributed by atoms with van der Waals surface area (Å²) in [4.78, 5) is 15.0. The van der Waals surface area contributed by atoms with Crippen molar-refractivity contribution < 1.29 is 19.5 Å². The van der Waals surface area contributed by atoms with E-state index in [2.05, 4.69) is 27.5 Å². The zero-order valence-electron chi connectivity index (χ0n) is 19.7. The summed E-state index contributed by atoms with van der Waals surface area (Å²) in [5.41, 5.74) is 4.27. The van der Waals surface area contributed by atoms with E-state index in [0.29, 0.717) is 22.4 Å². The van der Waals surface area contributed by atoms with Gasteiger partial charge >= 0.3 is 0 Å². The minimum atomic E-state index is -0.0952. The van der Waals surface area contributed by atoms with Gasteiger partial charge < -0.3 is 14.7 Å². The van der Waals surface area contributed by atoms with Crippen LogP contribution < -0.4 is 5.32 Å². The van der Waals surface area contributed by atoms with E-state index < -0.39 is 0 Å². The molecule has 34 heavy (non-hydrogen) atoms. The first kappa shape index (κ1) is 22.5. The van der Waals surface area contributed by atoms with Crippen molar-refractivity contribution in [1.82, 2.24) is 10.1 Å². The monoisotopic (exact) mass is 461 g/mol. The average Bonchev–Trinajstić information content (AvgIpc) is 3.40. The van der Waals surface area contributed by atoms with Gasteiger partial charge in [0.15, 0.2) is 0 Å². The molecule has 5 rings (SSSR count). The van der Waals surface area contributed by atoms with Crippen molar-refractivity contribution in [3.63, 3.8) is 0 Å². The van der Waals surface area contributed by atoms with Crippen LogP contribution in [0.4, 0.5) is 5.88 Å². The standard InChI is InChI=1S/C27H31N3O4/c1-16(2)20-13-21(23(32)14-22(20)31)25-24(27(34-29-25)28-26(33)19-9-10-19)18-7-5-17(6-8-18)15-30-11-3-4-12-30/h5-8,13-14,16,19,31-32H,3-4,9-12,15H2,1-2H3,(H,28,33). The highest BCUT2D eigenvalue weighted by atomic mass is 16.5. The van der Waals surface area contributed by atoms with Crippen LogP contribution in [0.5, 0.6) is 11.5 Å². The zero-order valence-corrected chi connectivity index (χ0v) is 19.7. The van der Waals surface area contributed by atoms with Crippen LogP contribution in [-0.2, 0) is 11.3 Å². The van der Waals surface area contributed by atoms with Gasteiger partial charge in [0.1, 0.15) is 17.2 Å². The molecule has 2 aromatic carbocycles. The Hall–Kier alpha value is -3.32. The molecule has 7 nitrogen and oxygen atoms in total. The average molecular weight is 462 g/mol. The Morgan fingerprint density at radius 2 is 1.82 bits per heavy atom. The van der Waals surface area contributed by atoms with Crippen molar-refractivity contribution in [2.24, 2.45) is 5.92 Å². The lowest BCUT2D eigenvalue weighted by atomic mass is 9.94. The van der Waals surface area contributed by atoms with Gasteiger partial charge in [-0.25, -0.2) is 0 Å². The van der Waals surface area contributed by atoms with Gasteiger partial charge in [0.25, 0.3) is 0 Å². The summed E-state index contributed by atoms with van der Waals surface area (Å²) in [7, 11) is 0.